The van der Waals surface area contributed by atoms with Crippen LogP contribution in [0.4, 0.5) is 5.69 Å². The molecule has 2 heterocycles. The summed E-state index contributed by atoms with van der Waals surface area (Å²) in [6.07, 6.45) is 2.11. The van der Waals surface area contributed by atoms with Gasteiger partial charge < -0.3 is 19.3 Å². The molecule has 0 saturated heterocycles. The van der Waals surface area contributed by atoms with Crippen molar-refractivity contribution in [1.29, 1.82) is 0 Å². The molecule has 1 aliphatic rings. The van der Waals surface area contributed by atoms with Crippen molar-refractivity contribution < 1.29 is 18.8 Å². The van der Waals surface area contributed by atoms with E-state index in [9.17, 15) is 4.79 Å². The third-order valence-electron chi connectivity index (χ3n) is 4.11. The van der Waals surface area contributed by atoms with Crippen LogP contribution in [-0.2, 0) is 11.2 Å². The highest BCUT2D eigenvalue weighted by Crippen LogP contribution is 2.34. The lowest BCUT2D eigenvalue weighted by molar-refractivity contribution is -0.115. The summed E-state index contributed by atoms with van der Waals surface area (Å²) in [5, 5.41) is 6.94. The molecule has 27 heavy (non-hydrogen) atoms. The van der Waals surface area contributed by atoms with E-state index >= 15 is 0 Å². The number of aromatic nitrogens is 1. The summed E-state index contributed by atoms with van der Waals surface area (Å²) >= 11 is 1.59. The summed E-state index contributed by atoms with van der Waals surface area (Å²) in [4.78, 5) is 13.4. The Labute approximate surface area is 160 Å². The zero-order valence-corrected chi connectivity index (χ0v) is 15.5. The normalized spacial score (nSPS) is 12.6. The number of ether oxygens (including phenoxy) is 2. The average Bonchev–Trinajstić information content (AvgIpc) is 3.16. The van der Waals surface area contributed by atoms with Gasteiger partial charge in [-0.25, -0.2) is 0 Å². The van der Waals surface area contributed by atoms with Gasteiger partial charge in [0.25, 0.3) is 0 Å². The highest BCUT2D eigenvalue weighted by Gasteiger charge is 2.16. The number of benzene rings is 2. The summed E-state index contributed by atoms with van der Waals surface area (Å²) in [7, 11) is 0. The third kappa shape index (κ3) is 3.93. The van der Waals surface area contributed by atoms with Crippen molar-refractivity contribution in [1.82, 2.24) is 5.16 Å². The second-order valence-corrected chi connectivity index (χ2v) is 6.81. The molecule has 1 amide bonds. The number of anilines is 1. The molecule has 0 unspecified atom stereocenters. The lowest BCUT2D eigenvalue weighted by Gasteiger charge is -2.18. The highest BCUT2D eigenvalue weighted by molar-refractivity contribution is 7.98. The Balaban J connectivity index is 1.46. The van der Waals surface area contributed by atoms with E-state index in [4.69, 9.17) is 14.0 Å². The van der Waals surface area contributed by atoms with Crippen molar-refractivity contribution >= 4 is 23.4 Å². The Morgan fingerprint density at radius 2 is 1.93 bits per heavy atom. The molecule has 138 valence electrons. The number of nitrogens with zero attached hydrogens (tertiary/aromatic N) is 1. The Hall–Kier alpha value is -2.93. The molecule has 3 aromatic rings. The van der Waals surface area contributed by atoms with E-state index in [1.54, 1.807) is 17.8 Å². The van der Waals surface area contributed by atoms with Gasteiger partial charge in [-0.2, -0.15) is 0 Å². The van der Waals surface area contributed by atoms with Crippen LogP contribution < -0.4 is 14.8 Å². The number of hydrogen-bond donors (Lipinski definition) is 1. The Kier molecular flexibility index (Phi) is 5.02. The number of hydrogen-bond acceptors (Lipinski definition) is 6. The van der Waals surface area contributed by atoms with Gasteiger partial charge in [-0.3, -0.25) is 4.79 Å². The molecule has 0 bridgehead atoms. The lowest BCUT2D eigenvalue weighted by Crippen LogP contribution is -2.15. The zero-order chi connectivity index (χ0) is 18.6. The molecule has 0 atom stereocenters. The first-order valence-electron chi connectivity index (χ1n) is 8.51. The second kappa shape index (κ2) is 7.75. The van der Waals surface area contributed by atoms with E-state index in [0.717, 1.165) is 21.9 Å². The average molecular weight is 382 g/mol. The summed E-state index contributed by atoms with van der Waals surface area (Å²) in [6.45, 7) is 1.07. The number of nitrogens with one attached hydrogen (secondary N) is 1. The fraction of sp³-hybridized carbons (Fsp3) is 0.200. The number of fused-ring (bicyclic) bond motifs is 1. The van der Waals surface area contributed by atoms with Crippen LogP contribution in [0.2, 0.25) is 0 Å². The molecule has 7 heteroatoms. The van der Waals surface area contributed by atoms with E-state index < -0.39 is 0 Å². The number of carbonyl (C=O) groups excluding carboxylic acids is 1. The van der Waals surface area contributed by atoms with Crippen LogP contribution in [0.5, 0.6) is 11.5 Å². The van der Waals surface area contributed by atoms with Crippen molar-refractivity contribution in [3.63, 3.8) is 0 Å². The maximum absolute atomic E-state index is 12.3. The SMILES string of the molecule is CSc1ccccc1NC(=O)Cc1cc(-c2ccc3c(c2)OCCO3)on1. The summed E-state index contributed by atoms with van der Waals surface area (Å²) < 4.78 is 16.5. The van der Waals surface area contributed by atoms with Crippen LogP contribution in [0.1, 0.15) is 5.69 Å². The molecular weight excluding hydrogens is 364 g/mol. The van der Waals surface area contributed by atoms with Crippen LogP contribution >= 0.6 is 11.8 Å². The van der Waals surface area contributed by atoms with Gasteiger partial charge in [0, 0.05) is 16.5 Å². The Bertz CT molecular complexity index is 970. The van der Waals surface area contributed by atoms with Crippen molar-refractivity contribution in [2.24, 2.45) is 0 Å². The number of thioether (sulfide) groups is 1. The highest BCUT2D eigenvalue weighted by atomic mass is 32.2. The van der Waals surface area contributed by atoms with E-state index in [0.29, 0.717) is 30.4 Å². The predicted octanol–water partition coefficient (Wildman–Crippen LogP) is 4.02. The van der Waals surface area contributed by atoms with Gasteiger partial charge in [-0.05, 0) is 36.6 Å². The minimum Gasteiger partial charge on any atom is -0.486 e. The first-order chi connectivity index (χ1) is 13.2. The van der Waals surface area contributed by atoms with E-state index in [1.807, 2.05) is 48.7 Å². The maximum atomic E-state index is 12.3. The fourth-order valence-corrected chi connectivity index (χ4v) is 3.39. The van der Waals surface area contributed by atoms with E-state index in [2.05, 4.69) is 10.5 Å². The molecule has 0 spiro atoms. The molecule has 4 rings (SSSR count). The molecule has 1 N–H and O–H groups in total. The molecule has 1 aliphatic heterocycles. The third-order valence-corrected chi connectivity index (χ3v) is 4.90. The molecule has 0 saturated carbocycles. The molecule has 2 aromatic carbocycles. The van der Waals surface area contributed by atoms with Crippen LogP contribution in [0.3, 0.4) is 0 Å². The summed E-state index contributed by atoms with van der Waals surface area (Å²) in [5.74, 6) is 1.84. The molecule has 6 nitrogen and oxygen atoms in total. The predicted molar refractivity (Wildman–Crippen MR) is 103 cm³/mol. The van der Waals surface area contributed by atoms with Crippen molar-refractivity contribution in [2.75, 3.05) is 24.8 Å². The maximum Gasteiger partial charge on any atom is 0.230 e. The smallest absolute Gasteiger partial charge is 0.230 e. The van der Waals surface area contributed by atoms with Crippen LogP contribution in [0.15, 0.2) is 57.9 Å². The molecular formula is C20H18N2O4S. The second-order valence-electron chi connectivity index (χ2n) is 5.97. The lowest BCUT2D eigenvalue weighted by atomic mass is 10.1. The van der Waals surface area contributed by atoms with Crippen LogP contribution in [0, 0.1) is 0 Å². The van der Waals surface area contributed by atoms with Gasteiger partial charge in [-0.1, -0.05) is 17.3 Å². The Morgan fingerprint density at radius 1 is 1.11 bits per heavy atom. The van der Waals surface area contributed by atoms with Gasteiger partial charge in [-0.15, -0.1) is 11.8 Å². The van der Waals surface area contributed by atoms with E-state index in [-0.39, 0.29) is 12.3 Å². The summed E-state index contributed by atoms with van der Waals surface area (Å²) in [6, 6.07) is 15.0. The minimum atomic E-state index is -0.140. The number of para-hydroxylation sites is 1. The van der Waals surface area contributed by atoms with Gasteiger partial charge in [0.1, 0.15) is 13.2 Å². The molecule has 0 fully saturated rings. The first-order valence-corrected chi connectivity index (χ1v) is 9.74. The monoisotopic (exact) mass is 382 g/mol. The van der Waals surface area contributed by atoms with Gasteiger partial charge in [0.2, 0.25) is 5.91 Å². The van der Waals surface area contributed by atoms with Crippen LogP contribution in [0.25, 0.3) is 11.3 Å². The number of rotatable bonds is 5. The topological polar surface area (TPSA) is 73.6 Å². The minimum absolute atomic E-state index is 0.136. The van der Waals surface area contributed by atoms with Gasteiger partial charge >= 0.3 is 0 Å². The number of carbonyl (C=O) groups is 1. The first kappa shape index (κ1) is 17.5. The van der Waals surface area contributed by atoms with Crippen molar-refractivity contribution in [3.05, 3.63) is 54.2 Å². The van der Waals surface area contributed by atoms with Crippen molar-refractivity contribution in [3.8, 4) is 22.8 Å². The molecule has 1 aromatic heterocycles. The van der Waals surface area contributed by atoms with Crippen molar-refractivity contribution in [2.45, 2.75) is 11.3 Å². The quantitative estimate of drug-likeness (QED) is 0.672. The number of amides is 1. The van der Waals surface area contributed by atoms with Gasteiger partial charge in [0.05, 0.1) is 17.8 Å². The van der Waals surface area contributed by atoms with E-state index in [1.165, 1.54) is 0 Å². The zero-order valence-electron chi connectivity index (χ0n) is 14.7. The van der Waals surface area contributed by atoms with Crippen LogP contribution in [-0.4, -0.2) is 30.5 Å². The Morgan fingerprint density at radius 3 is 2.78 bits per heavy atom. The summed E-state index contributed by atoms with van der Waals surface area (Å²) in [5.41, 5.74) is 2.19. The van der Waals surface area contributed by atoms with Gasteiger partial charge in [0.15, 0.2) is 17.3 Å². The molecule has 0 aliphatic carbocycles. The largest absolute Gasteiger partial charge is 0.486 e. The fourth-order valence-electron chi connectivity index (χ4n) is 2.83. The molecule has 0 radical (unpaired) electrons. The standard InChI is InChI=1S/C20H18N2O4S/c1-27-19-5-3-2-4-15(19)21-20(23)12-14-11-17(26-22-14)13-6-7-16-18(10-13)25-9-8-24-16/h2-7,10-11H,8-9,12H2,1H3,(H,21,23).